The highest BCUT2D eigenvalue weighted by Crippen LogP contribution is 2.19. The van der Waals surface area contributed by atoms with E-state index in [2.05, 4.69) is 10.3 Å². The number of amides is 1. The van der Waals surface area contributed by atoms with Crippen LogP contribution in [0.5, 0.6) is 0 Å². The van der Waals surface area contributed by atoms with Crippen molar-refractivity contribution in [2.24, 2.45) is 0 Å². The number of carbonyl (C=O) groups is 1. The van der Waals surface area contributed by atoms with Gasteiger partial charge in [-0.15, -0.1) is 0 Å². The van der Waals surface area contributed by atoms with E-state index in [1.165, 1.54) is 0 Å². The van der Waals surface area contributed by atoms with Gasteiger partial charge in [0.05, 0.1) is 11.4 Å². The Morgan fingerprint density at radius 2 is 2.00 bits per heavy atom. The predicted molar refractivity (Wildman–Crippen MR) is 77.5 cm³/mol. The molecule has 0 spiro atoms. The van der Waals surface area contributed by atoms with Gasteiger partial charge in [-0.2, -0.15) is 0 Å². The first kappa shape index (κ1) is 13.4. The Hall–Kier alpha value is -2.07. The zero-order valence-corrected chi connectivity index (χ0v) is 11.5. The fourth-order valence-corrected chi connectivity index (χ4v) is 2.00. The molecule has 0 saturated heterocycles. The summed E-state index contributed by atoms with van der Waals surface area (Å²) in [6.45, 7) is 3.74. The van der Waals surface area contributed by atoms with E-state index in [0.717, 1.165) is 11.4 Å². The van der Waals surface area contributed by atoms with Crippen molar-refractivity contribution in [3.8, 4) is 0 Å². The molecule has 2 rings (SSSR count). The molecule has 3 N–H and O–H groups in total. The van der Waals surface area contributed by atoms with Crippen molar-refractivity contribution in [2.45, 2.75) is 13.8 Å². The molecule has 4 nitrogen and oxygen atoms in total. The average Bonchev–Trinajstić information content (AvgIpc) is 2.31. The van der Waals surface area contributed by atoms with Gasteiger partial charge >= 0.3 is 0 Å². The maximum Gasteiger partial charge on any atom is 0.255 e. The molecule has 0 fully saturated rings. The van der Waals surface area contributed by atoms with E-state index < -0.39 is 0 Å². The minimum atomic E-state index is -0.261. The van der Waals surface area contributed by atoms with Crippen molar-refractivity contribution in [1.29, 1.82) is 0 Å². The van der Waals surface area contributed by atoms with Crippen LogP contribution in [0, 0.1) is 13.8 Å². The number of aryl methyl sites for hydroxylation is 2. The molecule has 2 aromatic rings. The van der Waals surface area contributed by atoms with E-state index >= 15 is 0 Å². The third-order valence-corrected chi connectivity index (χ3v) is 2.87. The van der Waals surface area contributed by atoms with E-state index in [-0.39, 0.29) is 5.91 Å². The molecule has 0 radical (unpaired) electrons. The average molecular weight is 276 g/mol. The standard InChI is InChI=1S/C14H14ClN3O/c1-8-3-4-13(9(2)17-8)18-14(19)10-5-11(15)7-12(16)6-10/h3-7H,16H2,1-2H3,(H,18,19). The second kappa shape index (κ2) is 5.28. The number of halogens is 1. The number of carbonyl (C=O) groups excluding carboxylic acids is 1. The van der Waals surface area contributed by atoms with Gasteiger partial charge in [0.15, 0.2) is 0 Å². The monoisotopic (exact) mass is 275 g/mol. The normalized spacial score (nSPS) is 10.3. The lowest BCUT2D eigenvalue weighted by Gasteiger charge is -2.09. The summed E-state index contributed by atoms with van der Waals surface area (Å²) in [6.07, 6.45) is 0. The number of nitrogens with two attached hydrogens (primary N) is 1. The SMILES string of the molecule is Cc1ccc(NC(=O)c2cc(N)cc(Cl)c2)c(C)n1. The van der Waals surface area contributed by atoms with Gasteiger partial charge in [-0.3, -0.25) is 9.78 Å². The van der Waals surface area contributed by atoms with Crippen molar-refractivity contribution < 1.29 is 4.79 Å². The van der Waals surface area contributed by atoms with Gasteiger partial charge in [-0.05, 0) is 44.2 Å². The Labute approximate surface area is 116 Å². The molecule has 0 saturated carbocycles. The van der Waals surface area contributed by atoms with Gasteiger partial charge in [0.2, 0.25) is 0 Å². The highest BCUT2D eigenvalue weighted by atomic mass is 35.5. The van der Waals surface area contributed by atoms with E-state index in [1.54, 1.807) is 18.2 Å². The Balaban J connectivity index is 2.25. The molecule has 0 bridgehead atoms. The number of rotatable bonds is 2. The zero-order valence-electron chi connectivity index (χ0n) is 10.7. The van der Waals surface area contributed by atoms with Gasteiger partial charge in [0.25, 0.3) is 5.91 Å². The summed E-state index contributed by atoms with van der Waals surface area (Å²) in [5.41, 5.74) is 8.89. The zero-order chi connectivity index (χ0) is 14.0. The molecule has 0 aliphatic heterocycles. The minimum absolute atomic E-state index is 0.261. The van der Waals surface area contributed by atoms with Crippen LogP contribution in [0.1, 0.15) is 21.7 Å². The number of nitrogen functional groups attached to an aromatic ring is 1. The maximum absolute atomic E-state index is 12.1. The number of benzene rings is 1. The number of hydrogen-bond acceptors (Lipinski definition) is 3. The summed E-state index contributed by atoms with van der Waals surface area (Å²) in [6, 6.07) is 8.41. The molecule has 0 atom stereocenters. The number of hydrogen-bond donors (Lipinski definition) is 2. The lowest BCUT2D eigenvalue weighted by molar-refractivity contribution is 0.102. The third-order valence-electron chi connectivity index (χ3n) is 2.66. The van der Waals surface area contributed by atoms with Crippen LogP contribution < -0.4 is 11.1 Å². The lowest BCUT2D eigenvalue weighted by atomic mass is 10.2. The largest absolute Gasteiger partial charge is 0.399 e. The fourth-order valence-electron chi connectivity index (χ4n) is 1.76. The van der Waals surface area contributed by atoms with Crippen LogP contribution in [0.25, 0.3) is 0 Å². The molecule has 1 amide bonds. The molecule has 0 unspecified atom stereocenters. The molecular formula is C14H14ClN3O. The summed E-state index contributed by atoms with van der Waals surface area (Å²) >= 11 is 5.88. The first-order valence-electron chi connectivity index (χ1n) is 5.77. The van der Waals surface area contributed by atoms with Crippen molar-refractivity contribution in [3.63, 3.8) is 0 Å². The lowest BCUT2D eigenvalue weighted by Crippen LogP contribution is -2.13. The quantitative estimate of drug-likeness (QED) is 0.827. The third kappa shape index (κ3) is 3.23. The van der Waals surface area contributed by atoms with Gasteiger partial charge in [0, 0.05) is 22.0 Å². The Morgan fingerprint density at radius 1 is 1.26 bits per heavy atom. The Kier molecular flexibility index (Phi) is 3.71. The molecule has 1 aromatic carbocycles. The Morgan fingerprint density at radius 3 is 2.63 bits per heavy atom. The molecular weight excluding hydrogens is 262 g/mol. The van der Waals surface area contributed by atoms with E-state index in [1.807, 2.05) is 26.0 Å². The summed E-state index contributed by atoms with van der Waals surface area (Å²) < 4.78 is 0. The summed E-state index contributed by atoms with van der Waals surface area (Å²) in [5, 5.41) is 3.23. The summed E-state index contributed by atoms with van der Waals surface area (Å²) in [4.78, 5) is 16.4. The number of nitrogens with one attached hydrogen (secondary N) is 1. The maximum atomic E-state index is 12.1. The van der Waals surface area contributed by atoms with Gasteiger partial charge in [-0.25, -0.2) is 0 Å². The van der Waals surface area contributed by atoms with Crippen LogP contribution in [0.2, 0.25) is 5.02 Å². The number of aromatic nitrogens is 1. The first-order chi connectivity index (χ1) is 8.95. The molecule has 5 heteroatoms. The number of nitrogens with zero attached hydrogens (tertiary/aromatic N) is 1. The van der Waals surface area contributed by atoms with Crippen LogP contribution in [-0.4, -0.2) is 10.9 Å². The van der Waals surface area contributed by atoms with Crippen LogP contribution in [0.15, 0.2) is 30.3 Å². The van der Waals surface area contributed by atoms with Crippen molar-refractivity contribution in [2.75, 3.05) is 11.1 Å². The van der Waals surface area contributed by atoms with E-state index in [0.29, 0.717) is 22.0 Å². The van der Waals surface area contributed by atoms with Crippen LogP contribution in [0.4, 0.5) is 11.4 Å². The second-order valence-electron chi connectivity index (χ2n) is 4.31. The van der Waals surface area contributed by atoms with Gasteiger partial charge < -0.3 is 11.1 Å². The van der Waals surface area contributed by atoms with Crippen LogP contribution >= 0.6 is 11.6 Å². The van der Waals surface area contributed by atoms with Crippen molar-refractivity contribution >= 4 is 28.9 Å². The molecule has 19 heavy (non-hydrogen) atoms. The molecule has 1 aromatic heterocycles. The highest BCUT2D eigenvalue weighted by Gasteiger charge is 2.09. The summed E-state index contributed by atoms with van der Waals surface area (Å²) in [5.74, 6) is -0.261. The van der Waals surface area contributed by atoms with Crippen LogP contribution in [-0.2, 0) is 0 Å². The van der Waals surface area contributed by atoms with Crippen LogP contribution in [0.3, 0.4) is 0 Å². The fraction of sp³-hybridized carbons (Fsp3) is 0.143. The molecule has 1 heterocycles. The minimum Gasteiger partial charge on any atom is -0.399 e. The topological polar surface area (TPSA) is 68.0 Å². The summed E-state index contributed by atoms with van der Waals surface area (Å²) in [7, 11) is 0. The number of anilines is 2. The first-order valence-corrected chi connectivity index (χ1v) is 6.15. The molecule has 98 valence electrons. The highest BCUT2D eigenvalue weighted by molar-refractivity contribution is 6.31. The van der Waals surface area contributed by atoms with E-state index in [4.69, 9.17) is 17.3 Å². The van der Waals surface area contributed by atoms with Gasteiger partial charge in [0.1, 0.15) is 0 Å². The van der Waals surface area contributed by atoms with E-state index in [9.17, 15) is 4.79 Å². The smallest absolute Gasteiger partial charge is 0.255 e. The predicted octanol–water partition coefficient (Wildman–Crippen LogP) is 3.19. The van der Waals surface area contributed by atoms with Gasteiger partial charge in [-0.1, -0.05) is 11.6 Å². The van der Waals surface area contributed by atoms with Crippen molar-refractivity contribution in [3.05, 3.63) is 52.3 Å². The Bertz CT molecular complexity index is 620. The van der Waals surface area contributed by atoms with Crippen molar-refractivity contribution in [1.82, 2.24) is 4.98 Å². The molecule has 0 aliphatic carbocycles. The second-order valence-corrected chi connectivity index (χ2v) is 4.75. The molecule has 0 aliphatic rings. The number of pyridine rings is 1.